The number of rotatable bonds is 5. The Balaban J connectivity index is 1.56. The molecule has 0 spiro atoms. The number of carbonyl (C=O) groups excluding carboxylic acids is 1. The molecular formula is C19H21N3O4S2. The van der Waals surface area contributed by atoms with E-state index in [0.29, 0.717) is 24.5 Å². The topological polar surface area (TPSA) is 91.6 Å². The van der Waals surface area contributed by atoms with Gasteiger partial charge >= 0.3 is 0 Å². The second kappa shape index (κ2) is 9.13. The zero-order chi connectivity index (χ0) is 20.0. The molecule has 0 bridgehead atoms. The number of anilines is 1. The van der Waals surface area contributed by atoms with Crippen LogP contribution in [-0.4, -0.2) is 36.8 Å². The highest BCUT2D eigenvalue weighted by Gasteiger charge is 2.25. The fourth-order valence-electron chi connectivity index (χ4n) is 2.82. The number of hydrogen-bond donors (Lipinski definition) is 2. The molecule has 7 nitrogen and oxygen atoms in total. The summed E-state index contributed by atoms with van der Waals surface area (Å²) in [4.78, 5) is 12.1. The minimum absolute atomic E-state index is 0.112. The van der Waals surface area contributed by atoms with Gasteiger partial charge in [-0.05, 0) is 67.5 Å². The normalized spacial score (nSPS) is 15.4. The van der Waals surface area contributed by atoms with Crippen LogP contribution in [0.5, 0.6) is 0 Å². The third-order valence-corrected chi connectivity index (χ3v) is 6.36. The van der Waals surface area contributed by atoms with Gasteiger partial charge in [-0.3, -0.25) is 10.1 Å². The van der Waals surface area contributed by atoms with E-state index in [2.05, 4.69) is 10.6 Å². The molecule has 1 saturated heterocycles. The lowest BCUT2D eigenvalue weighted by atomic mass is 10.2. The third-order valence-electron chi connectivity index (χ3n) is 4.24. The summed E-state index contributed by atoms with van der Waals surface area (Å²) >= 11 is 5.11. The number of nitrogens with one attached hydrogen (secondary N) is 2. The highest BCUT2D eigenvalue weighted by molar-refractivity contribution is 7.89. The second-order valence-corrected chi connectivity index (χ2v) is 8.63. The lowest BCUT2D eigenvalue weighted by molar-refractivity contribution is -0.115. The Bertz CT molecular complexity index is 946. The van der Waals surface area contributed by atoms with Gasteiger partial charge < -0.3 is 9.73 Å². The monoisotopic (exact) mass is 419 g/mol. The Morgan fingerprint density at radius 3 is 2.46 bits per heavy atom. The summed E-state index contributed by atoms with van der Waals surface area (Å²) in [6.45, 7) is 1.12. The van der Waals surface area contributed by atoms with Crippen molar-refractivity contribution in [3.05, 3.63) is 54.5 Å². The molecule has 2 heterocycles. The molecule has 2 aromatic rings. The maximum atomic E-state index is 12.6. The smallest absolute Gasteiger partial charge is 0.250 e. The SMILES string of the molecule is O=C(C=Cc1ccco1)NC(=S)Nc1ccc(S(=O)(=O)N2CCCCC2)cc1. The van der Waals surface area contributed by atoms with Crippen molar-refractivity contribution in [1.29, 1.82) is 0 Å². The lowest BCUT2D eigenvalue weighted by Gasteiger charge is -2.25. The van der Waals surface area contributed by atoms with Crippen molar-refractivity contribution in [2.45, 2.75) is 24.2 Å². The minimum Gasteiger partial charge on any atom is -0.465 e. The third kappa shape index (κ3) is 5.28. The van der Waals surface area contributed by atoms with Gasteiger partial charge in [0.25, 0.3) is 0 Å². The maximum absolute atomic E-state index is 12.6. The highest BCUT2D eigenvalue weighted by atomic mass is 32.2. The first-order chi connectivity index (χ1) is 13.4. The quantitative estimate of drug-likeness (QED) is 0.572. The molecule has 9 heteroatoms. The molecular weight excluding hydrogens is 398 g/mol. The molecule has 1 aromatic carbocycles. The van der Waals surface area contributed by atoms with Crippen LogP contribution in [0.4, 0.5) is 5.69 Å². The number of thiocarbonyl (C=S) groups is 1. The molecule has 28 heavy (non-hydrogen) atoms. The molecule has 1 aromatic heterocycles. The summed E-state index contributed by atoms with van der Waals surface area (Å²) < 4.78 is 31.9. The number of furan rings is 1. The summed E-state index contributed by atoms with van der Waals surface area (Å²) in [6.07, 6.45) is 7.19. The van der Waals surface area contributed by atoms with E-state index in [1.54, 1.807) is 24.3 Å². The first kappa shape index (κ1) is 20.2. The van der Waals surface area contributed by atoms with Crippen molar-refractivity contribution < 1.29 is 17.6 Å². The van der Waals surface area contributed by atoms with Gasteiger partial charge in [0.05, 0.1) is 11.2 Å². The number of hydrogen-bond acceptors (Lipinski definition) is 5. The average Bonchev–Trinajstić information content (AvgIpc) is 3.21. The van der Waals surface area contributed by atoms with Crippen molar-refractivity contribution in [2.24, 2.45) is 0 Å². The number of nitrogens with zero attached hydrogens (tertiary/aromatic N) is 1. The number of carbonyl (C=O) groups is 1. The van der Waals surface area contributed by atoms with Gasteiger partial charge in [-0.15, -0.1) is 0 Å². The largest absolute Gasteiger partial charge is 0.465 e. The van der Waals surface area contributed by atoms with E-state index in [0.717, 1.165) is 19.3 Å². The molecule has 1 aliphatic rings. The molecule has 1 fully saturated rings. The van der Waals surface area contributed by atoms with Crippen molar-refractivity contribution in [2.75, 3.05) is 18.4 Å². The summed E-state index contributed by atoms with van der Waals surface area (Å²) in [7, 11) is -3.47. The van der Waals surface area contributed by atoms with Gasteiger partial charge in [0.15, 0.2) is 5.11 Å². The van der Waals surface area contributed by atoms with Crippen LogP contribution in [0.15, 0.2) is 58.1 Å². The highest BCUT2D eigenvalue weighted by Crippen LogP contribution is 2.21. The van der Waals surface area contributed by atoms with Gasteiger partial charge in [-0.2, -0.15) is 4.31 Å². The van der Waals surface area contributed by atoms with Crippen LogP contribution >= 0.6 is 12.2 Å². The average molecular weight is 420 g/mol. The molecule has 0 aliphatic carbocycles. The summed E-state index contributed by atoms with van der Waals surface area (Å²) in [5, 5.41) is 5.48. The van der Waals surface area contributed by atoms with E-state index < -0.39 is 15.9 Å². The van der Waals surface area contributed by atoms with Crippen molar-refractivity contribution in [1.82, 2.24) is 9.62 Å². The van der Waals surface area contributed by atoms with Crippen LogP contribution in [0.25, 0.3) is 6.08 Å². The molecule has 0 unspecified atom stereocenters. The van der Waals surface area contributed by atoms with Gasteiger partial charge in [0.2, 0.25) is 15.9 Å². The van der Waals surface area contributed by atoms with E-state index in [9.17, 15) is 13.2 Å². The molecule has 148 valence electrons. The predicted molar refractivity (Wildman–Crippen MR) is 111 cm³/mol. The van der Waals surface area contributed by atoms with Gasteiger partial charge in [0, 0.05) is 24.9 Å². The van der Waals surface area contributed by atoms with Gasteiger partial charge in [-0.1, -0.05) is 6.42 Å². The van der Waals surface area contributed by atoms with Crippen molar-refractivity contribution in [3.8, 4) is 0 Å². The molecule has 0 atom stereocenters. The van der Waals surface area contributed by atoms with Crippen LogP contribution < -0.4 is 10.6 Å². The first-order valence-electron chi connectivity index (χ1n) is 8.89. The Morgan fingerprint density at radius 2 is 1.82 bits per heavy atom. The van der Waals surface area contributed by atoms with E-state index in [-0.39, 0.29) is 10.0 Å². The predicted octanol–water partition coefficient (Wildman–Crippen LogP) is 2.98. The lowest BCUT2D eigenvalue weighted by Crippen LogP contribution is -2.35. The number of amides is 1. The van der Waals surface area contributed by atoms with Crippen molar-refractivity contribution in [3.63, 3.8) is 0 Å². The maximum Gasteiger partial charge on any atom is 0.250 e. The molecule has 3 rings (SSSR count). The summed E-state index contributed by atoms with van der Waals surface area (Å²) in [6, 6.07) is 9.75. The molecule has 0 radical (unpaired) electrons. The molecule has 1 amide bonds. The van der Waals surface area contributed by atoms with Gasteiger partial charge in [-0.25, -0.2) is 8.42 Å². The fourth-order valence-corrected chi connectivity index (χ4v) is 4.56. The number of benzene rings is 1. The Hall–Kier alpha value is -2.49. The summed E-state index contributed by atoms with van der Waals surface area (Å²) in [5.74, 6) is 0.151. The van der Waals surface area contributed by atoms with E-state index in [1.165, 1.54) is 34.9 Å². The summed E-state index contributed by atoms with van der Waals surface area (Å²) in [5.41, 5.74) is 0.581. The standard InChI is InChI=1S/C19H21N3O4S2/c23-18(11-8-16-5-4-14-26-16)21-19(27)20-15-6-9-17(10-7-15)28(24,25)22-12-2-1-3-13-22/h4-11,14H,1-3,12-13H2,(H2,20,21,23,27). The van der Waals surface area contributed by atoms with E-state index >= 15 is 0 Å². The second-order valence-electron chi connectivity index (χ2n) is 6.28. The number of piperidine rings is 1. The molecule has 0 saturated carbocycles. The Labute approximate surface area is 169 Å². The minimum atomic E-state index is -3.47. The van der Waals surface area contributed by atoms with E-state index in [4.69, 9.17) is 16.6 Å². The fraction of sp³-hybridized carbons (Fsp3) is 0.263. The van der Waals surface area contributed by atoms with E-state index in [1.807, 2.05) is 0 Å². The zero-order valence-corrected chi connectivity index (χ0v) is 16.8. The van der Waals surface area contributed by atoms with Crippen LogP contribution in [0.3, 0.4) is 0 Å². The first-order valence-corrected chi connectivity index (χ1v) is 10.7. The van der Waals surface area contributed by atoms with Crippen LogP contribution in [0.2, 0.25) is 0 Å². The van der Waals surface area contributed by atoms with Gasteiger partial charge in [0.1, 0.15) is 5.76 Å². The number of sulfonamides is 1. The van der Waals surface area contributed by atoms with Crippen LogP contribution in [-0.2, 0) is 14.8 Å². The molecule has 2 N–H and O–H groups in total. The molecule has 1 aliphatic heterocycles. The van der Waals surface area contributed by atoms with Crippen molar-refractivity contribution >= 4 is 45.0 Å². The Kier molecular flexibility index (Phi) is 6.61. The van der Waals surface area contributed by atoms with Crippen LogP contribution in [0, 0.1) is 0 Å². The Morgan fingerprint density at radius 1 is 1.11 bits per heavy atom. The van der Waals surface area contributed by atoms with Crippen LogP contribution in [0.1, 0.15) is 25.0 Å². The zero-order valence-electron chi connectivity index (χ0n) is 15.1.